The van der Waals surface area contributed by atoms with Gasteiger partial charge in [0, 0.05) is 5.54 Å². The molecule has 0 aromatic heterocycles. The maximum atomic E-state index is 10.9. The highest BCUT2D eigenvalue weighted by molar-refractivity contribution is 5.87. The lowest BCUT2D eigenvalue weighted by molar-refractivity contribution is -0.118. The molecule has 1 amide bonds. The van der Waals surface area contributed by atoms with Crippen molar-refractivity contribution in [3.63, 3.8) is 0 Å². The summed E-state index contributed by atoms with van der Waals surface area (Å²) in [5.74, 6) is 0.315. The summed E-state index contributed by atoms with van der Waals surface area (Å²) in [6.45, 7) is 11.5. The minimum absolute atomic E-state index is 0.108. The van der Waals surface area contributed by atoms with E-state index in [-0.39, 0.29) is 11.4 Å². The van der Waals surface area contributed by atoms with Crippen LogP contribution >= 0.6 is 0 Å². The van der Waals surface area contributed by atoms with Gasteiger partial charge in [0.2, 0.25) is 5.91 Å². The molecule has 0 saturated heterocycles. The molecule has 0 unspecified atom stereocenters. The second kappa shape index (κ2) is 3.56. The molecule has 0 aromatic rings. The van der Waals surface area contributed by atoms with Crippen molar-refractivity contribution in [3.8, 4) is 0 Å². The molecule has 0 rings (SSSR count). The maximum absolute atomic E-state index is 10.9. The maximum Gasteiger partial charge on any atom is 0.243 e. The lowest BCUT2D eigenvalue weighted by Crippen LogP contribution is -2.46. The number of carbonyl (C=O) groups excluding carboxylic acids is 1. The predicted molar refractivity (Wildman–Crippen MR) is 47.3 cm³/mol. The summed E-state index contributed by atoms with van der Waals surface area (Å²) in [4.78, 5) is 10.9. The van der Waals surface area contributed by atoms with Gasteiger partial charge in [0.05, 0.1) is 0 Å². The Bertz CT molecular complexity index is 159. The van der Waals surface area contributed by atoms with Gasteiger partial charge in [-0.2, -0.15) is 0 Å². The van der Waals surface area contributed by atoms with Crippen LogP contribution < -0.4 is 5.32 Å². The molecule has 0 atom stereocenters. The minimum Gasteiger partial charge on any atom is -0.347 e. The molecule has 2 nitrogen and oxygen atoms in total. The molecular formula is C9H17NO. The molecule has 1 N–H and O–H groups in total. The average Bonchev–Trinajstić information content (AvgIpc) is 1.86. The van der Waals surface area contributed by atoms with Crippen LogP contribution in [0.2, 0.25) is 0 Å². The number of hydrogen-bond donors (Lipinski definition) is 1. The fraction of sp³-hybridized carbons (Fsp3) is 0.667. The van der Waals surface area contributed by atoms with Crippen LogP contribution in [0.4, 0.5) is 0 Å². The first-order valence-corrected chi connectivity index (χ1v) is 3.84. The lowest BCUT2D eigenvalue weighted by atomic mass is 9.91. The molecule has 64 valence electrons. The highest BCUT2D eigenvalue weighted by Gasteiger charge is 2.22. The molecule has 0 fully saturated rings. The Hall–Kier alpha value is -0.790. The van der Waals surface area contributed by atoms with Crippen LogP contribution in [0.15, 0.2) is 12.7 Å². The van der Waals surface area contributed by atoms with Crippen molar-refractivity contribution < 1.29 is 4.79 Å². The zero-order valence-electron chi connectivity index (χ0n) is 7.77. The van der Waals surface area contributed by atoms with E-state index in [1.165, 1.54) is 6.08 Å². The molecular weight excluding hydrogens is 138 g/mol. The number of carbonyl (C=O) groups is 1. The van der Waals surface area contributed by atoms with Gasteiger partial charge in [-0.05, 0) is 25.8 Å². The van der Waals surface area contributed by atoms with E-state index < -0.39 is 0 Å². The van der Waals surface area contributed by atoms with Gasteiger partial charge in [0.25, 0.3) is 0 Å². The second-order valence-electron chi connectivity index (χ2n) is 3.57. The summed E-state index contributed by atoms with van der Waals surface area (Å²) in [5, 5.41) is 2.85. The van der Waals surface area contributed by atoms with Crippen LogP contribution in [-0.4, -0.2) is 11.4 Å². The first-order valence-electron chi connectivity index (χ1n) is 3.84. The molecule has 0 bridgehead atoms. The van der Waals surface area contributed by atoms with Gasteiger partial charge in [-0.25, -0.2) is 0 Å². The summed E-state index contributed by atoms with van der Waals surface area (Å²) in [7, 11) is 0. The van der Waals surface area contributed by atoms with E-state index in [1.807, 2.05) is 13.8 Å². The van der Waals surface area contributed by atoms with E-state index in [0.717, 1.165) is 0 Å². The Labute approximate surface area is 68.7 Å². The molecule has 0 radical (unpaired) electrons. The summed E-state index contributed by atoms with van der Waals surface area (Å²) in [5.41, 5.74) is -0.148. The molecule has 0 aromatic carbocycles. The molecule has 0 aliphatic carbocycles. The smallest absolute Gasteiger partial charge is 0.243 e. The summed E-state index contributed by atoms with van der Waals surface area (Å²) >= 11 is 0. The van der Waals surface area contributed by atoms with Gasteiger partial charge in [0.1, 0.15) is 0 Å². The number of hydrogen-bond acceptors (Lipinski definition) is 1. The molecule has 0 saturated carbocycles. The lowest BCUT2D eigenvalue weighted by Gasteiger charge is -2.29. The van der Waals surface area contributed by atoms with Crippen LogP contribution in [0.5, 0.6) is 0 Å². The normalized spacial score (nSPS) is 11.4. The molecule has 0 heterocycles. The molecule has 0 aliphatic rings. The van der Waals surface area contributed by atoms with Gasteiger partial charge in [0.15, 0.2) is 0 Å². The topological polar surface area (TPSA) is 29.1 Å². The standard InChI is InChI=1S/C9H17NO/c1-6-8(11)10-9(4,5)7(2)3/h6-7H,1H2,2-5H3,(H,10,11). The van der Waals surface area contributed by atoms with Gasteiger partial charge in [-0.3, -0.25) is 4.79 Å². The first-order chi connectivity index (χ1) is 4.90. The molecule has 11 heavy (non-hydrogen) atoms. The Balaban J connectivity index is 4.11. The molecule has 0 aliphatic heterocycles. The first kappa shape index (κ1) is 10.2. The Morgan fingerprint density at radius 1 is 1.55 bits per heavy atom. The van der Waals surface area contributed by atoms with Gasteiger partial charge < -0.3 is 5.32 Å². The van der Waals surface area contributed by atoms with Gasteiger partial charge in [-0.15, -0.1) is 0 Å². The highest BCUT2D eigenvalue weighted by Crippen LogP contribution is 2.14. The SMILES string of the molecule is C=CC(=O)NC(C)(C)C(C)C. The van der Waals surface area contributed by atoms with Crippen LogP contribution in [0.1, 0.15) is 27.7 Å². The van der Waals surface area contributed by atoms with Crippen molar-refractivity contribution >= 4 is 5.91 Å². The van der Waals surface area contributed by atoms with Crippen molar-refractivity contribution in [2.45, 2.75) is 33.2 Å². The number of amides is 1. The summed E-state index contributed by atoms with van der Waals surface area (Å²) in [6, 6.07) is 0. The van der Waals surface area contributed by atoms with E-state index in [1.54, 1.807) is 0 Å². The highest BCUT2D eigenvalue weighted by atomic mass is 16.1. The number of nitrogens with one attached hydrogen (secondary N) is 1. The minimum atomic E-state index is -0.148. The summed E-state index contributed by atoms with van der Waals surface area (Å²) < 4.78 is 0. The van der Waals surface area contributed by atoms with E-state index in [4.69, 9.17) is 0 Å². The van der Waals surface area contributed by atoms with E-state index in [0.29, 0.717) is 5.92 Å². The molecule has 2 heteroatoms. The fourth-order valence-corrected chi connectivity index (χ4v) is 0.513. The van der Waals surface area contributed by atoms with Crippen molar-refractivity contribution in [3.05, 3.63) is 12.7 Å². The van der Waals surface area contributed by atoms with Crippen molar-refractivity contribution in [2.24, 2.45) is 5.92 Å². The largest absolute Gasteiger partial charge is 0.347 e. The third-order valence-electron chi connectivity index (χ3n) is 2.07. The number of rotatable bonds is 3. The Kier molecular flexibility index (Phi) is 3.30. The fourth-order valence-electron chi connectivity index (χ4n) is 0.513. The molecule has 0 spiro atoms. The van der Waals surface area contributed by atoms with E-state index in [2.05, 4.69) is 25.7 Å². The summed E-state index contributed by atoms with van der Waals surface area (Å²) in [6.07, 6.45) is 1.30. The van der Waals surface area contributed by atoms with Crippen LogP contribution in [-0.2, 0) is 4.79 Å². The van der Waals surface area contributed by atoms with Crippen molar-refractivity contribution in [1.29, 1.82) is 0 Å². The third-order valence-corrected chi connectivity index (χ3v) is 2.07. The van der Waals surface area contributed by atoms with Crippen LogP contribution in [0.25, 0.3) is 0 Å². The van der Waals surface area contributed by atoms with Crippen molar-refractivity contribution in [2.75, 3.05) is 0 Å². The van der Waals surface area contributed by atoms with Crippen LogP contribution in [0, 0.1) is 5.92 Å². The zero-order chi connectivity index (χ0) is 9.07. The van der Waals surface area contributed by atoms with Gasteiger partial charge >= 0.3 is 0 Å². The zero-order valence-corrected chi connectivity index (χ0v) is 7.77. The quantitative estimate of drug-likeness (QED) is 0.618. The van der Waals surface area contributed by atoms with Gasteiger partial charge in [-0.1, -0.05) is 20.4 Å². The predicted octanol–water partition coefficient (Wildman–Crippen LogP) is 1.72. The average molecular weight is 155 g/mol. The van der Waals surface area contributed by atoms with E-state index in [9.17, 15) is 4.79 Å². The Morgan fingerprint density at radius 3 is 2.27 bits per heavy atom. The monoisotopic (exact) mass is 155 g/mol. The van der Waals surface area contributed by atoms with Crippen LogP contribution in [0.3, 0.4) is 0 Å². The Morgan fingerprint density at radius 2 is 2.00 bits per heavy atom. The second-order valence-corrected chi connectivity index (χ2v) is 3.57. The van der Waals surface area contributed by atoms with E-state index >= 15 is 0 Å². The third kappa shape index (κ3) is 3.21. The van der Waals surface area contributed by atoms with Crippen molar-refractivity contribution in [1.82, 2.24) is 5.32 Å².